The molecule has 0 saturated carbocycles. The average Bonchev–Trinajstić information content (AvgIpc) is 2.27. The third kappa shape index (κ3) is 2.13. The summed E-state index contributed by atoms with van der Waals surface area (Å²) in [5.74, 6) is -8.68. The summed E-state index contributed by atoms with van der Waals surface area (Å²) in [6, 6.07) is 0. The topological polar surface area (TPSA) is 102 Å². The van der Waals surface area contributed by atoms with Crippen molar-refractivity contribution in [3.8, 4) is 0 Å². The Balaban J connectivity index is 6.86. The number of carbonyl (C=O) groups is 6. The lowest BCUT2D eigenvalue weighted by atomic mass is 9.61. The zero-order valence-corrected chi connectivity index (χ0v) is 11.8. The first-order chi connectivity index (χ1) is 8.88. The first kappa shape index (κ1) is 17.9. The van der Waals surface area contributed by atoms with Gasteiger partial charge in [0.2, 0.25) is 11.2 Å². The van der Waals surface area contributed by atoms with Gasteiger partial charge in [-0.3, -0.25) is 28.8 Å². The molecule has 0 aliphatic carbocycles. The molecule has 0 aliphatic heterocycles. The van der Waals surface area contributed by atoms with Gasteiger partial charge in [-0.05, 0) is 27.7 Å². The minimum absolute atomic E-state index is 0.634. The fraction of sp³-hybridized carbons (Fsp3) is 0.538. The van der Waals surface area contributed by atoms with E-state index in [1.807, 2.05) is 0 Å². The lowest BCUT2D eigenvalue weighted by Gasteiger charge is -2.36. The van der Waals surface area contributed by atoms with Crippen molar-refractivity contribution in [2.75, 3.05) is 0 Å². The molecule has 0 aromatic carbocycles. The monoisotopic (exact) mass is 286 g/mol. The van der Waals surface area contributed by atoms with Crippen molar-refractivity contribution in [2.45, 2.75) is 40.3 Å². The van der Waals surface area contributed by atoms with Crippen LogP contribution in [-0.2, 0) is 28.8 Å². The van der Waals surface area contributed by atoms with E-state index in [1.54, 1.807) is 0 Å². The molecule has 0 heterocycles. The van der Waals surface area contributed by atoms with Crippen molar-refractivity contribution >= 4 is 34.7 Å². The number of rotatable bonds is 7. The van der Waals surface area contributed by atoms with Crippen molar-refractivity contribution in [3.63, 3.8) is 0 Å². The van der Waals surface area contributed by atoms with Crippen LogP contribution in [-0.4, -0.2) is 40.4 Å². The summed E-state index contributed by atoms with van der Waals surface area (Å²) in [4.78, 5) is 69.8. The highest BCUT2D eigenvalue weighted by Gasteiger charge is 2.70. The molecule has 7 heteroatoms. The molecule has 0 saturated heterocycles. The summed E-state index contributed by atoms with van der Waals surface area (Å²) >= 11 is 0. The van der Waals surface area contributed by atoms with E-state index in [4.69, 9.17) is 0 Å². The maximum atomic E-state index is 15.0. The number of alkyl halides is 1. The number of hydrogen-bond acceptors (Lipinski definition) is 6. The lowest BCUT2D eigenvalue weighted by Crippen LogP contribution is -2.66. The van der Waals surface area contributed by atoms with E-state index in [9.17, 15) is 33.2 Å². The maximum Gasteiger partial charge on any atom is 0.252 e. The van der Waals surface area contributed by atoms with Crippen LogP contribution in [0.3, 0.4) is 0 Å². The van der Waals surface area contributed by atoms with Crippen molar-refractivity contribution < 1.29 is 33.2 Å². The number of ketones is 6. The summed E-state index contributed by atoms with van der Waals surface area (Å²) in [5, 5.41) is 0. The van der Waals surface area contributed by atoms with Crippen LogP contribution < -0.4 is 0 Å². The van der Waals surface area contributed by atoms with Gasteiger partial charge in [0.1, 0.15) is 0 Å². The molecule has 0 spiro atoms. The second kappa shape index (κ2) is 5.52. The number of hydrogen-bond donors (Lipinski definition) is 0. The van der Waals surface area contributed by atoms with Gasteiger partial charge in [0.25, 0.3) is 5.67 Å². The van der Waals surface area contributed by atoms with Crippen LogP contribution in [0.5, 0.6) is 0 Å². The number of carbonyl (C=O) groups excluding carboxylic acids is 6. The molecule has 6 nitrogen and oxygen atoms in total. The number of Topliss-reactive ketones (excluding diaryl/α,β-unsaturated/α-hetero) is 6. The quantitative estimate of drug-likeness (QED) is 0.489. The van der Waals surface area contributed by atoms with Crippen LogP contribution in [0.15, 0.2) is 0 Å². The summed E-state index contributed by atoms with van der Waals surface area (Å²) < 4.78 is 15.0. The Morgan fingerprint density at radius 2 is 0.950 bits per heavy atom. The zero-order chi connectivity index (χ0) is 16.5. The van der Waals surface area contributed by atoms with Gasteiger partial charge < -0.3 is 0 Å². The van der Waals surface area contributed by atoms with Gasteiger partial charge in [0.15, 0.2) is 28.9 Å². The zero-order valence-electron chi connectivity index (χ0n) is 11.8. The molecule has 0 N–H and O–H groups in total. The van der Waals surface area contributed by atoms with Crippen molar-refractivity contribution in [3.05, 3.63) is 0 Å². The molecule has 20 heavy (non-hydrogen) atoms. The van der Waals surface area contributed by atoms with Crippen LogP contribution in [0.4, 0.5) is 4.39 Å². The Kier molecular flexibility index (Phi) is 4.95. The Hall–Kier alpha value is -2.05. The summed E-state index contributed by atoms with van der Waals surface area (Å²) in [6.07, 6.45) is 0. The van der Waals surface area contributed by atoms with Gasteiger partial charge in [0, 0.05) is 6.92 Å². The van der Waals surface area contributed by atoms with Crippen molar-refractivity contribution in [1.29, 1.82) is 0 Å². The fourth-order valence-corrected chi connectivity index (χ4v) is 2.25. The molecule has 0 atom stereocenters. The molecule has 0 unspecified atom stereocenters. The van der Waals surface area contributed by atoms with E-state index < -0.39 is 45.8 Å². The van der Waals surface area contributed by atoms with Crippen LogP contribution in [0.1, 0.15) is 34.6 Å². The normalized spacial score (nSPS) is 11.7. The molecule has 110 valence electrons. The largest absolute Gasteiger partial charge is 0.298 e. The van der Waals surface area contributed by atoms with Crippen LogP contribution in [0.25, 0.3) is 0 Å². The Labute approximate surface area is 114 Å². The van der Waals surface area contributed by atoms with E-state index >= 15 is 0 Å². The standard InChI is InChI=1S/C13H15FO6/c1-6(15)11(20)12(7(2)16,8(3)17)13(14,9(4)18)10(5)19/h1-5H3. The lowest BCUT2D eigenvalue weighted by molar-refractivity contribution is -0.171. The smallest absolute Gasteiger partial charge is 0.252 e. The van der Waals surface area contributed by atoms with Gasteiger partial charge >= 0.3 is 0 Å². The van der Waals surface area contributed by atoms with Crippen molar-refractivity contribution in [2.24, 2.45) is 5.41 Å². The van der Waals surface area contributed by atoms with E-state index in [0.717, 1.165) is 6.92 Å². The van der Waals surface area contributed by atoms with Crippen LogP contribution in [0, 0.1) is 5.41 Å². The second-order valence-electron chi connectivity index (χ2n) is 4.52. The van der Waals surface area contributed by atoms with E-state index in [1.165, 1.54) is 0 Å². The Bertz CT molecular complexity index is 503. The molecular weight excluding hydrogens is 271 g/mol. The van der Waals surface area contributed by atoms with Gasteiger partial charge in [-0.15, -0.1) is 0 Å². The Morgan fingerprint density at radius 1 is 0.650 bits per heavy atom. The minimum atomic E-state index is -3.69. The van der Waals surface area contributed by atoms with Gasteiger partial charge in [0.05, 0.1) is 0 Å². The molecule has 0 aromatic rings. The summed E-state index contributed by atoms with van der Waals surface area (Å²) in [7, 11) is 0. The maximum absolute atomic E-state index is 15.0. The summed E-state index contributed by atoms with van der Waals surface area (Å²) in [6.45, 7) is 3.36. The van der Waals surface area contributed by atoms with E-state index in [0.29, 0.717) is 27.7 Å². The van der Waals surface area contributed by atoms with E-state index in [-0.39, 0.29) is 0 Å². The van der Waals surface area contributed by atoms with Gasteiger partial charge in [-0.25, -0.2) is 4.39 Å². The molecule has 0 aromatic heterocycles. The molecule has 0 rings (SSSR count). The minimum Gasteiger partial charge on any atom is -0.298 e. The third-order valence-corrected chi connectivity index (χ3v) is 3.20. The van der Waals surface area contributed by atoms with E-state index in [2.05, 4.69) is 0 Å². The van der Waals surface area contributed by atoms with Gasteiger partial charge in [-0.1, -0.05) is 0 Å². The van der Waals surface area contributed by atoms with Gasteiger partial charge in [-0.2, -0.15) is 0 Å². The third-order valence-electron chi connectivity index (χ3n) is 3.20. The first-order valence-electron chi connectivity index (χ1n) is 5.66. The molecule has 0 fully saturated rings. The molecule has 0 aliphatic rings. The Morgan fingerprint density at radius 3 is 1.10 bits per heavy atom. The highest BCUT2D eigenvalue weighted by molar-refractivity contribution is 6.50. The first-order valence-corrected chi connectivity index (χ1v) is 5.66. The van der Waals surface area contributed by atoms with Crippen LogP contribution >= 0.6 is 0 Å². The highest BCUT2D eigenvalue weighted by atomic mass is 19.1. The predicted molar refractivity (Wildman–Crippen MR) is 64.7 cm³/mol. The van der Waals surface area contributed by atoms with Crippen LogP contribution in [0.2, 0.25) is 0 Å². The highest BCUT2D eigenvalue weighted by Crippen LogP contribution is 2.40. The fourth-order valence-electron chi connectivity index (χ4n) is 2.25. The second-order valence-corrected chi connectivity index (χ2v) is 4.52. The summed E-state index contributed by atoms with van der Waals surface area (Å²) in [5.41, 5.74) is -6.94. The SMILES string of the molecule is CC(=O)C(=O)C(C(C)=O)(C(C)=O)C(F)(C(C)=O)C(C)=O. The number of halogens is 1. The predicted octanol–water partition coefficient (Wildman–Crippen LogP) is 0.195. The average molecular weight is 286 g/mol. The van der Waals surface area contributed by atoms with Crippen molar-refractivity contribution in [1.82, 2.24) is 0 Å². The molecule has 0 amide bonds. The molecule has 0 radical (unpaired) electrons. The molecule has 0 bridgehead atoms. The molecular formula is C13H15FO6.